The average Bonchev–Trinajstić information content (AvgIpc) is 2.82. The maximum Gasteiger partial charge on any atom is 0.229 e. The van der Waals surface area contributed by atoms with E-state index in [1.165, 1.54) is 18.3 Å². The molecule has 146 valence electrons. The van der Waals surface area contributed by atoms with Crippen LogP contribution in [0, 0.1) is 41.4 Å². The van der Waals surface area contributed by atoms with Gasteiger partial charge in [0.25, 0.3) is 0 Å². The zero-order valence-electron chi connectivity index (χ0n) is 20.1. The van der Waals surface area contributed by atoms with Crippen LogP contribution in [0.25, 0.3) is 6.08 Å². The van der Waals surface area contributed by atoms with Crippen molar-refractivity contribution in [3.8, 4) is 12.1 Å². The molecule has 0 aliphatic heterocycles. The van der Waals surface area contributed by atoms with E-state index in [9.17, 15) is 4.91 Å². The first kappa shape index (κ1) is 15.4. The summed E-state index contributed by atoms with van der Waals surface area (Å²) in [5.41, 5.74) is 2.09. The Morgan fingerprint density at radius 2 is 1.90 bits per heavy atom. The summed E-state index contributed by atoms with van der Waals surface area (Å²) in [6, 6.07) is 6.72. The molecule has 0 unspecified atom stereocenters. The number of nitrogens with one attached hydrogen (secondary N) is 1. The van der Waals surface area contributed by atoms with Crippen molar-refractivity contribution in [1.82, 2.24) is 9.97 Å². The van der Waals surface area contributed by atoms with Gasteiger partial charge in [0.15, 0.2) is 5.82 Å². The summed E-state index contributed by atoms with van der Waals surface area (Å²) in [4.78, 5) is 20.1. The lowest BCUT2D eigenvalue weighted by molar-refractivity contribution is 0.992. The van der Waals surface area contributed by atoms with Gasteiger partial charge in [0.2, 0.25) is 5.95 Å². The second-order valence-electron chi connectivity index (χ2n) is 6.08. The first-order valence-electron chi connectivity index (χ1n) is 10.6. The number of rotatable bonds is 6. The molecular formula is C22H17N7O. The zero-order valence-corrected chi connectivity index (χ0v) is 16.1. The van der Waals surface area contributed by atoms with Crippen LogP contribution >= 0.6 is 0 Å². The van der Waals surface area contributed by atoms with Crippen molar-refractivity contribution in [3.05, 3.63) is 81.8 Å². The number of hydrogen-bond acceptors (Lipinski definition) is 7. The van der Waals surface area contributed by atoms with E-state index in [4.69, 9.17) is 16.0 Å². The van der Waals surface area contributed by atoms with E-state index in [0.29, 0.717) is 16.8 Å². The molecule has 8 heteroatoms. The highest BCUT2D eigenvalue weighted by molar-refractivity contribution is 5.70. The van der Waals surface area contributed by atoms with Gasteiger partial charge in [-0.15, -0.1) is 4.91 Å². The van der Waals surface area contributed by atoms with Crippen LogP contribution in [0.2, 0.25) is 0 Å². The average molecular weight is 399 g/mol. The summed E-state index contributed by atoms with van der Waals surface area (Å²) in [5.74, 6) is 0.00320. The van der Waals surface area contributed by atoms with Gasteiger partial charge in [-0.3, -0.25) is 0 Å². The Balaban J connectivity index is 2.04. The maximum atomic E-state index is 11.8. The molecule has 30 heavy (non-hydrogen) atoms. The third-order valence-corrected chi connectivity index (χ3v) is 3.99. The molecule has 0 atom stereocenters. The second kappa shape index (κ2) is 9.09. The van der Waals surface area contributed by atoms with E-state index < -0.39 is 24.2 Å². The highest BCUT2D eigenvalue weighted by Crippen LogP contribution is 2.32. The van der Waals surface area contributed by atoms with Gasteiger partial charge in [0.05, 0.1) is 34.2 Å². The number of allylic oxidation sites excluding steroid dienone is 1. The van der Waals surface area contributed by atoms with Crippen molar-refractivity contribution >= 4 is 29.2 Å². The fraction of sp³-hybridized carbons (Fsp3) is 0.0909. The molecule has 0 saturated carbocycles. The summed E-state index contributed by atoms with van der Waals surface area (Å²) in [7, 11) is 0. The molecule has 2 aromatic carbocycles. The Bertz CT molecular complexity index is 1360. The van der Waals surface area contributed by atoms with E-state index >= 15 is 0 Å². The van der Waals surface area contributed by atoms with Gasteiger partial charge in [0.1, 0.15) is 0 Å². The van der Waals surface area contributed by atoms with Crippen LogP contribution in [0.4, 0.5) is 23.1 Å². The molecule has 0 aliphatic rings. The van der Waals surface area contributed by atoms with Gasteiger partial charge < -0.3 is 5.32 Å². The minimum atomic E-state index is -0.491. The standard InChI is InChI=1S/C22H17N7O/c1-15-12-18(4-3-10-23)13-16(2)21(15)29(28-30)20-9-11-25-22(27-20)26-19-7-5-17(14-24)6-8-19/h3-9,11-13H,1-2H3,(H,25,26,27)/b4-3+/i5D,6D,7D,8D. The maximum absolute atomic E-state index is 11.8. The van der Waals surface area contributed by atoms with Crippen molar-refractivity contribution in [2.75, 3.05) is 10.3 Å². The molecule has 1 heterocycles. The molecule has 3 aromatic rings. The van der Waals surface area contributed by atoms with Crippen LogP contribution in [-0.4, -0.2) is 9.97 Å². The molecule has 3 rings (SSSR count). The Labute approximate surface area is 179 Å². The van der Waals surface area contributed by atoms with Gasteiger partial charge in [-0.25, -0.2) is 4.98 Å². The van der Waals surface area contributed by atoms with Crippen molar-refractivity contribution in [3.63, 3.8) is 0 Å². The number of nitroso groups, excluding NO2 is 1. The third kappa shape index (κ3) is 4.46. The van der Waals surface area contributed by atoms with E-state index in [2.05, 4.69) is 20.6 Å². The Morgan fingerprint density at radius 3 is 2.50 bits per heavy atom. The number of aryl methyl sites for hydroxylation is 2. The van der Waals surface area contributed by atoms with Gasteiger partial charge in [-0.2, -0.15) is 20.5 Å². The van der Waals surface area contributed by atoms with Crippen LogP contribution in [0.1, 0.15) is 27.7 Å². The highest BCUT2D eigenvalue weighted by atomic mass is 16.3. The number of benzene rings is 2. The van der Waals surface area contributed by atoms with E-state index in [1.807, 2.05) is 6.07 Å². The molecule has 1 aromatic heterocycles. The van der Waals surface area contributed by atoms with Crippen LogP contribution in [0.5, 0.6) is 0 Å². The van der Waals surface area contributed by atoms with E-state index in [0.717, 1.165) is 10.6 Å². The molecule has 8 nitrogen and oxygen atoms in total. The normalized spacial score (nSPS) is 12.1. The van der Waals surface area contributed by atoms with Crippen molar-refractivity contribution in [2.24, 2.45) is 5.29 Å². The molecule has 0 fully saturated rings. The van der Waals surface area contributed by atoms with E-state index in [1.54, 1.807) is 38.1 Å². The van der Waals surface area contributed by atoms with Crippen molar-refractivity contribution in [1.29, 1.82) is 10.5 Å². The number of nitriles is 2. The lowest BCUT2D eigenvalue weighted by Gasteiger charge is -2.20. The molecule has 0 spiro atoms. The summed E-state index contributed by atoms with van der Waals surface area (Å²) in [5, 5.41) is 24.7. The highest BCUT2D eigenvalue weighted by Gasteiger charge is 2.18. The van der Waals surface area contributed by atoms with Crippen LogP contribution in [0.15, 0.2) is 59.9 Å². The molecule has 0 radical (unpaired) electrons. The Kier molecular flexibility index (Phi) is 4.66. The Hall–Kier alpha value is -4.56. The first-order chi connectivity index (χ1) is 16.2. The molecule has 0 aliphatic carbocycles. The second-order valence-corrected chi connectivity index (χ2v) is 6.08. The summed E-state index contributed by atoms with van der Waals surface area (Å²) < 4.78 is 32.0. The number of aromatic nitrogens is 2. The van der Waals surface area contributed by atoms with Gasteiger partial charge in [0, 0.05) is 24.0 Å². The topological polar surface area (TPSA) is 118 Å². The van der Waals surface area contributed by atoms with Crippen molar-refractivity contribution in [2.45, 2.75) is 13.8 Å². The minimum Gasteiger partial charge on any atom is -0.324 e. The lowest BCUT2D eigenvalue weighted by atomic mass is 10.0. The monoisotopic (exact) mass is 399 g/mol. The van der Waals surface area contributed by atoms with Gasteiger partial charge >= 0.3 is 0 Å². The molecule has 0 amide bonds. The van der Waals surface area contributed by atoms with Crippen molar-refractivity contribution < 1.29 is 5.48 Å². The predicted octanol–water partition coefficient (Wildman–Crippen LogP) is 5.07. The minimum absolute atomic E-state index is 0.0967. The largest absolute Gasteiger partial charge is 0.324 e. The molecule has 1 N–H and O–H groups in total. The molecule has 0 bridgehead atoms. The SMILES string of the molecule is [2H]c1c([2H])c(Nc2nccc(N(N=O)c3c(C)cc(/C=C/C#N)cc3C)n2)c([2H])c([2H])c1C#N. The number of nitrogens with zero attached hydrogens (tertiary/aromatic N) is 6. The molecular weight excluding hydrogens is 378 g/mol. The summed E-state index contributed by atoms with van der Waals surface area (Å²) >= 11 is 0. The smallest absolute Gasteiger partial charge is 0.229 e. The third-order valence-electron chi connectivity index (χ3n) is 3.99. The Morgan fingerprint density at radius 1 is 1.20 bits per heavy atom. The fourth-order valence-electron chi connectivity index (χ4n) is 2.82. The molecule has 0 saturated heterocycles. The van der Waals surface area contributed by atoms with E-state index in [-0.39, 0.29) is 23.0 Å². The zero-order chi connectivity index (χ0) is 25.0. The lowest BCUT2D eigenvalue weighted by Crippen LogP contribution is -2.13. The van der Waals surface area contributed by atoms with Crippen LogP contribution < -0.4 is 10.3 Å². The summed E-state index contributed by atoms with van der Waals surface area (Å²) in [6.07, 6.45) is 4.34. The van der Waals surface area contributed by atoms with Gasteiger partial charge in [-0.05, 0) is 72.9 Å². The quantitative estimate of drug-likeness (QED) is 0.349. The fourth-order valence-corrected chi connectivity index (χ4v) is 2.82. The van der Waals surface area contributed by atoms with Crippen LogP contribution in [-0.2, 0) is 0 Å². The number of hydrogen-bond donors (Lipinski definition) is 1. The number of anilines is 4. The predicted molar refractivity (Wildman–Crippen MR) is 115 cm³/mol. The first-order valence-corrected chi connectivity index (χ1v) is 8.64. The summed E-state index contributed by atoms with van der Waals surface area (Å²) in [6.45, 7) is 3.57. The van der Waals surface area contributed by atoms with Gasteiger partial charge in [-0.1, -0.05) is 0 Å². The van der Waals surface area contributed by atoms with Crippen LogP contribution in [0.3, 0.4) is 0 Å².